The van der Waals surface area contributed by atoms with Crippen LogP contribution in [0.15, 0.2) is 46.1 Å². The second-order valence-electron chi connectivity index (χ2n) is 4.60. The molecule has 0 saturated heterocycles. The van der Waals surface area contributed by atoms with Crippen LogP contribution in [0.25, 0.3) is 0 Å². The van der Waals surface area contributed by atoms with Gasteiger partial charge in [0.15, 0.2) is 5.69 Å². The van der Waals surface area contributed by atoms with Gasteiger partial charge in [0.1, 0.15) is 0 Å². The average Bonchev–Trinajstić information content (AvgIpc) is 2.83. The summed E-state index contributed by atoms with van der Waals surface area (Å²) in [7, 11) is 0. The molecule has 1 aliphatic heterocycles. The predicted octanol–water partition coefficient (Wildman–Crippen LogP) is 1.66. The van der Waals surface area contributed by atoms with Crippen molar-refractivity contribution in [3.05, 3.63) is 58.0 Å². The van der Waals surface area contributed by atoms with Crippen LogP contribution in [0.3, 0.4) is 0 Å². The van der Waals surface area contributed by atoms with Crippen molar-refractivity contribution in [2.24, 2.45) is 0 Å². The maximum Gasteiger partial charge on any atom is 0.356 e. The quantitative estimate of drug-likeness (QED) is 0.930. The van der Waals surface area contributed by atoms with Gasteiger partial charge in [0, 0.05) is 16.2 Å². The van der Waals surface area contributed by atoms with E-state index in [9.17, 15) is 9.59 Å². The molecule has 1 aromatic carbocycles. The number of nitrogens with zero attached hydrogens (tertiary/aromatic N) is 2. The molecule has 6 heteroatoms. The summed E-state index contributed by atoms with van der Waals surface area (Å²) in [5.74, 6) is -1.12. The fraction of sp³-hybridized carbons (Fsp3) is 0.214. The summed E-state index contributed by atoms with van der Waals surface area (Å²) in [6, 6.07) is 10.6. The van der Waals surface area contributed by atoms with Gasteiger partial charge >= 0.3 is 5.97 Å². The Morgan fingerprint density at radius 3 is 2.90 bits per heavy atom. The summed E-state index contributed by atoms with van der Waals surface area (Å²) in [5, 5.41) is 13.0. The summed E-state index contributed by atoms with van der Waals surface area (Å²) >= 11 is 1.71. The first-order chi connectivity index (χ1) is 9.63. The van der Waals surface area contributed by atoms with Crippen molar-refractivity contribution in [3.8, 4) is 0 Å². The Balaban J connectivity index is 1.82. The first-order valence-electron chi connectivity index (χ1n) is 6.19. The number of aromatic nitrogens is 2. The topological polar surface area (TPSA) is 72.2 Å². The highest BCUT2D eigenvalue weighted by Crippen LogP contribution is 2.37. The highest BCUT2D eigenvalue weighted by atomic mass is 32.2. The van der Waals surface area contributed by atoms with Gasteiger partial charge in [-0.2, -0.15) is 5.10 Å². The Labute approximate surface area is 119 Å². The number of carboxylic acid groups (broad SMARTS) is 1. The van der Waals surface area contributed by atoms with Crippen LogP contribution in [0.4, 0.5) is 0 Å². The molecule has 0 aliphatic carbocycles. The van der Waals surface area contributed by atoms with E-state index in [-0.39, 0.29) is 16.5 Å². The fourth-order valence-electron chi connectivity index (χ4n) is 2.24. The number of carbonyl (C=O) groups is 1. The number of rotatable bonds is 3. The number of hydrogen-bond acceptors (Lipinski definition) is 4. The molecule has 2 heterocycles. The van der Waals surface area contributed by atoms with Crippen LogP contribution in [-0.4, -0.2) is 26.1 Å². The molecule has 3 rings (SSSR count). The third-order valence-corrected chi connectivity index (χ3v) is 4.48. The molecule has 0 spiro atoms. The Bertz CT molecular complexity index is 701. The molecule has 0 saturated carbocycles. The SMILES string of the molecule is O=C(O)c1ccc(=O)n(CC2Cc3ccccc3S2)n1. The predicted molar refractivity (Wildman–Crippen MR) is 75.2 cm³/mol. The van der Waals surface area contributed by atoms with E-state index in [1.807, 2.05) is 12.1 Å². The summed E-state index contributed by atoms with van der Waals surface area (Å²) in [4.78, 5) is 23.9. The third-order valence-electron chi connectivity index (χ3n) is 3.18. The molecule has 0 fully saturated rings. The van der Waals surface area contributed by atoms with Crippen molar-refractivity contribution >= 4 is 17.7 Å². The first-order valence-corrected chi connectivity index (χ1v) is 7.07. The molecular weight excluding hydrogens is 276 g/mol. The molecule has 20 heavy (non-hydrogen) atoms. The van der Waals surface area contributed by atoms with Crippen molar-refractivity contribution < 1.29 is 9.90 Å². The van der Waals surface area contributed by atoms with Crippen LogP contribution in [0.5, 0.6) is 0 Å². The second kappa shape index (κ2) is 5.13. The first kappa shape index (κ1) is 12.9. The molecule has 1 aliphatic rings. The lowest BCUT2D eigenvalue weighted by Crippen LogP contribution is -2.28. The number of thioether (sulfide) groups is 1. The van der Waals surface area contributed by atoms with Gasteiger partial charge in [-0.1, -0.05) is 18.2 Å². The zero-order chi connectivity index (χ0) is 14.1. The smallest absolute Gasteiger partial charge is 0.356 e. The Morgan fingerprint density at radius 2 is 2.15 bits per heavy atom. The van der Waals surface area contributed by atoms with E-state index >= 15 is 0 Å². The molecule has 0 bridgehead atoms. The minimum Gasteiger partial charge on any atom is -0.476 e. The Morgan fingerprint density at radius 1 is 1.35 bits per heavy atom. The van der Waals surface area contributed by atoms with Crippen LogP contribution in [0, 0.1) is 0 Å². The van der Waals surface area contributed by atoms with Gasteiger partial charge in [-0.25, -0.2) is 9.48 Å². The lowest BCUT2D eigenvalue weighted by Gasteiger charge is -2.10. The molecule has 1 aromatic heterocycles. The second-order valence-corrected chi connectivity index (χ2v) is 5.94. The Kier molecular flexibility index (Phi) is 3.31. The van der Waals surface area contributed by atoms with E-state index in [0.29, 0.717) is 6.54 Å². The van der Waals surface area contributed by atoms with Crippen LogP contribution in [-0.2, 0) is 13.0 Å². The monoisotopic (exact) mass is 288 g/mol. The lowest BCUT2D eigenvalue weighted by molar-refractivity contribution is 0.0687. The van der Waals surface area contributed by atoms with Gasteiger partial charge in [-0.05, 0) is 24.1 Å². The van der Waals surface area contributed by atoms with Gasteiger partial charge in [0.05, 0.1) is 6.54 Å². The zero-order valence-corrected chi connectivity index (χ0v) is 11.3. The van der Waals surface area contributed by atoms with Crippen molar-refractivity contribution in [1.82, 2.24) is 9.78 Å². The number of fused-ring (bicyclic) bond motifs is 1. The maximum atomic E-state index is 11.8. The summed E-state index contributed by atoms with van der Waals surface area (Å²) < 4.78 is 1.24. The molecule has 1 unspecified atom stereocenters. The molecule has 1 N–H and O–H groups in total. The summed E-state index contributed by atoms with van der Waals surface area (Å²) in [6.07, 6.45) is 0.867. The molecular formula is C14H12N2O3S. The fourth-order valence-corrected chi connectivity index (χ4v) is 3.54. The standard InChI is InChI=1S/C14H12N2O3S/c17-13-6-5-11(14(18)19)15-16(13)8-10-7-9-3-1-2-4-12(9)20-10/h1-6,10H,7-8H2,(H,18,19). The largest absolute Gasteiger partial charge is 0.476 e. The summed E-state index contributed by atoms with van der Waals surface area (Å²) in [5.41, 5.74) is 0.890. The van der Waals surface area contributed by atoms with Crippen molar-refractivity contribution in [3.63, 3.8) is 0 Å². The minimum atomic E-state index is -1.12. The van der Waals surface area contributed by atoms with E-state index in [2.05, 4.69) is 17.2 Å². The third kappa shape index (κ3) is 2.46. The van der Waals surface area contributed by atoms with Gasteiger partial charge in [0.2, 0.25) is 0 Å². The number of carboxylic acids is 1. The lowest BCUT2D eigenvalue weighted by atomic mass is 10.1. The van der Waals surface area contributed by atoms with Crippen LogP contribution >= 0.6 is 11.8 Å². The highest BCUT2D eigenvalue weighted by Gasteiger charge is 2.23. The van der Waals surface area contributed by atoms with Crippen LogP contribution in [0.1, 0.15) is 16.1 Å². The highest BCUT2D eigenvalue weighted by molar-refractivity contribution is 8.00. The van der Waals surface area contributed by atoms with Crippen molar-refractivity contribution in [2.75, 3.05) is 0 Å². The molecule has 0 amide bonds. The number of aromatic carboxylic acids is 1. The van der Waals surface area contributed by atoms with Gasteiger partial charge in [0.25, 0.3) is 5.56 Å². The summed E-state index contributed by atoms with van der Waals surface area (Å²) in [6.45, 7) is 0.416. The van der Waals surface area contributed by atoms with E-state index in [1.165, 1.54) is 27.3 Å². The van der Waals surface area contributed by atoms with Gasteiger partial charge in [-0.3, -0.25) is 4.79 Å². The van der Waals surface area contributed by atoms with Crippen LogP contribution in [0.2, 0.25) is 0 Å². The van der Waals surface area contributed by atoms with Crippen molar-refractivity contribution in [2.45, 2.75) is 23.1 Å². The van der Waals surface area contributed by atoms with Gasteiger partial charge in [-0.15, -0.1) is 11.8 Å². The van der Waals surface area contributed by atoms with E-state index < -0.39 is 5.97 Å². The van der Waals surface area contributed by atoms with E-state index in [1.54, 1.807) is 11.8 Å². The number of hydrogen-bond donors (Lipinski definition) is 1. The van der Waals surface area contributed by atoms with Crippen LogP contribution < -0.4 is 5.56 Å². The molecule has 0 radical (unpaired) electrons. The number of benzene rings is 1. The van der Waals surface area contributed by atoms with Gasteiger partial charge < -0.3 is 5.11 Å². The molecule has 5 nitrogen and oxygen atoms in total. The molecule has 1 atom stereocenters. The van der Waals surface area contributed by atoms with E-state index in [0.717, 1.165) is 6.42 Å². The molecule has 2 aromatic rings. The zero-order valence-electron chi connectivity index (χ0n) is 10.5. The maximum absolute atomic E-state index is 11.8. The normalized spacial score (nSPS) is 16.9. The Hall–Kier alpha value is -2.08. The van der Waals surface area contributed by atoms with Crippen molar-refractivity contribution in [1.29, 1.82) is 0 Å². The average molecular weight is 288 g/mol. The minimum absolute atomic E-state index is 0.106. The molecule has 102 valence electrons. The van der Waals surface area contributed by atoms with E-state index in [4.69, 9.17) is 5.11 Å².